The van der Waals surface area contributed by atoms with Gasteiger partial charge in [-0.25, -0.2) is 4.79 Å². The van der Waals surface area contributed by atoms with Gasteiger partial charge in [0, 0.05) is 18.0 Å². The minimum Gasteiger partial charge on any atom is -0.467 e. The van der Waals surface area contributed by atoms with Crippen molar-refractivity contribution < 1.29 is 41.8 Å². The van der Waals surface area contributed by atoms with E-state index in [2.05, 4.69) is 10.6 Å². The molecule has 2 aromatic rings. The third kappa shape index (κ3) is 7.72. The fourth-order valence-electron chi connectivity index (χ4n) is 5.36. The highest BCUT2D eigenvalue weighted by atomic mass is 35.5. The Morgan fingerprint density at radius 2 is 1.64 bits per heavy atom. The maximum Gasteiger partial charge on any atom is 0.416 e. The Balaban J connectivity index is 1.72. The molecule has 0 bridgehead atoms. The Hall–Kier alpha value is -3.60. The first-order valence-electron chi connectivity index (χ1n) is 14.1. The fraction of sp³-hybridized carbons (Fsp3) is 0.500. The van der Waals surface area contributed by atoms with Crippen molar-refractivity contribution in [2.75, 3.05) is 12.4 Å². The second kappa shape index (κ2) is 12.8. The van der Waals surface area contributed by atoms with Gasteiger partial charge in [-0.15, -0.1) is 0 Å². The van der Waals surface area contributed by atoms with E-state index in [1.54, 1.807) is 39.8 Å². The minimum atomic E-state index is -4.64. The molecule has 2 aromatic carbocycles. The van der Waals surface area contributed by atoms with Gasteiger partial charge in [0.05, 0.1) is 28.7 Å². The molecule has 0 unspecified atom stereocenters. The third-order valence-electron chi connectivity index (χ3n) is 8.38. The monoisotopic (exact) mass is 638 g/mol. The van der Waals surface area contributed by atoms with Crippen LogP contribution in [0.2, 0.25) is 5.02 Å². The molecule has 1 aliphatic carbocycles. The van der Waals surface area contributed by atoms with Crippen molar-refractivity contribution in [1.82, 2.24) is 5.32 Å². The van der Waals surface area contributed by atoms with E-state index >= 15 is 0 Å². The first-order chi connectivity index (χ1) is 20.2. The predicted molar refractivity (Wildman–Crippen MR) is 159 cm³/mol. The van der Waals surface area contributed by atoms with Crippen LogP contribution in [0, 0.1) is 16.7 Å². The molecule has 2 N–H and O–H groups in total. The van der Waals surface area contributed by atoms with Crippen LogP contribution in [0.15, 0.2) is 42.5 Å². The summed E-state index contributed by atoms with van der Waals surface area (Å²) >= 11 is 5.97. The number of alkyl halides is 3. The summed E-state index contributed by atoms with van der Waals surface area (Å²) in [7, 11) is 1.21. The molecule has 0 aromatic heterocycles. The van der Waals surface area contributed by atoms with Crippen molar-refractivity contribution in [2.24, 2.45) is 16.7 Å². The van der Waals surface area contributed by atoms with E-state index in [0.29, 0.717) is 24.5 Å². The third-order valence-corrected chi connectivity index (χ3v) is 8.71. The number of hydrogen-bond donors (Lipinski definition) is 2. The average molecular weight is 639 g/mol. The number of carbonyl (C=O) groups excluding carboxylic acids is 4. The lowest BCUT2D eigenvalue weighted by Gasteiger charge is -2.40. The quantitative estimate of drug-likeness (QED) is 0.316. The van der Waals surface area contributed by atoms with Gasteiger partial charge in [0.1, 0.15) is 11.6 Å². The molecule has 240 valence electrons. The molecule has 0 saturated heterocycles. The molecule has 3 rings (SSSR count). The van der Waals surface area contributed by atoms with E-state index in [1.165, 1.54) is 19.2 Å². The number of benzene rings is 2. The molecule has 3 atom stereocenters. The second-order valence-corrected chi connectivity index (χ2v) is 13.2. The molecule has 44 heavy (non-hydrogen) atoms. The fourth-order valence-corrected chi connectivity index (χ4v) is 5.56. The largest absolute Gasteiger partial charge is 0.467 e. The highest BCUT2D eigenvalue weighted by Gasteiger charge is 2.59. The number of ether oxygens (including phenoxy) is 2. The summed E-state index contributed by atoms with van der Waals surface area (Å²) in [6.45, 7) is 10.9. The van der Waals surface area contributed by atoms with Gasteiger partial charge < -0.3 is 20.1 Å². The minimum absolute atomic E-state index is 0.0581. The van der Waals surface area contributed by atoms with Gasteiger partial charge in [-0.2, -0.15) is 13.2 Å². The van der Waals surface area contributed by atoms with Gasteiger partial charge in [-0.3, -0.25) is 14.4 Å². The van der Waals surface area contributed by atoms with E-state index in [1.807, 2.05) is 13.8 Å². The number of esters is 2. The Bertz CT molecular complexity index is 1420. The van der Waals surface area contributed by atoms with E-state index in [9.17, 15) is 32.3 Å². The molecule has 1 aliphatic rings. The molecule has 0 spiro atoms. The van der Waals surface area contributed by atoms with Crippen LogP contribution in [0.5, 0.6) is 0 Å². The SMILES string of the molecule is COC(=O)[C@H](Cc1ccc(NC(=O)c2cc(C(F)(F)F)ccc2Cl)cc1)NC(=O)[C@H]1CC[C@@](C)(C(=O)OC(C)(C)C)C1(C)C. The molecule has 1 saturated carbocycles. The zero-order valence-corrected chi connectivity index (χ0v) is 26.5. The van der Waals surface area contributed by atoms with Gasteiger partial charge in [0.25, 0.3) is 5.91 Å². The topological polar surface area (TPSA) is 111 Å². The van der Waals surface area contributed by atoms with Crippen LogP contribution in [0.3, 0.4) is 0 Å². The molecular weight excluding hydrogens is 601 g/mol. The summed E-state index contributed by atoms with van der Waals surface area (Å²) in [5.41, 5.74) is -2.83. The maximum atomic E-state index is 13.5. The van der Waals surface area contributed by atoms with Crippen LogP contribution in [0.1, 0.15) is 75.9 Å². The van der Waals surface area contributed by atoms with Gasteiger partial charge in [0.15, 0.2) is 0 Å². The summed E-state index contributed by atoms with van der Waals surface area (Å²) in [5.74, 6) is -2.84. The van der Waals surface area contributed by atoms with Crippen molar-refractivity contribution >= 4 is 41.0 Å². The molecule has 0 aliphatic heterocycles. The maximum absolute atomic E-state index is 13.5. The van der Waals surface area contributed by atoms with Gasteiger partial charge in [-0.05, 0) is 81.8 Å². The molecule has 12 heteroatoms. The molecular formula is C32H38ClF3N2O6. The summed E-state index contributed by atoms with van der Waals surface area (Å²) < 4.78 is 49.9. The number of methoxy groups -OCH3 is 1. The van der Waals surface area contributed by atoms with E-state index in [0.717, 1.165) is 12.1 Å². The number of carbonyl (C=O) groups is 4. The van der Waals surface area contributed by atoms with E-state index in [-0.39, 0.29) is 34.6 Å². The number of amides is 2. The normalized spacial score (nSPS) is 20.4. The van der Waals surface area contributed by atoms with Crippen LogP contribution in [-0.4, -0.2) is 42.5 Å². The van der Waals surface area contributed by atoms with Crippen LogP contribution in [-0.2, 0) is 36.5 Å². The van der Waals surface area contributed by atoms with Crippen LogP contribution >= 0.6 is 11.6 Å². The Kier molecular flexibility index (Phi) is 10.1. The Labute approximate surface area is 260 Å². The zero-order valence-electron chi connectivity index (χ0n) is 25.8. The molecule has 0 heterocycles. The second-order valence-electron chi connectivity index (χ2n) is 12.8. The van der Waals surface area contributed by atoms with Gasteiger partial charge in [-0.1, -0.05) is 37.6 Å². The zero-order chi connectivity index (χ0) is 33.3. The van der Waals surface area contributed by atoms with E-state index in [4.69, 9.17) is 21.1 Å². The number of rotatable bonds is 8. The van der Waals surface area contributed by atoms with Crippen molar-refractivity contribution in [2.45, 2.75) is 78.6 Å². The lowest BCUT2D eigenvalue weighted by Crippen LogP contribution is -2.51. The highest BCUT2D eigenvalue weighted by Crippen LogP contribution is 2.57. The Morgan fingerprint density at radius 3 is 2.18 bits per heavy atom. The molecule has 1 fully saturated rings. The number of nitrogens with one attached hydrogen (secondary N) is 2. The summed E-state index contributed by atoms with van der Waals surface area (Å²) in [6, 6.07) is 7.66. The molecule has 2 amide bonds. The van der Waals surface area contributed by atoms with Crippen LogP contribution < -0.4 is 10.6 Å². The summed E-state index contributed by atoms with van der Waals surface area (Å²) in [4.78, 5) is 51.9. The smallest absolute Gasteiger partial charge is 0.416 e. The summed E-state index contributed by atoms with van der Waals surface area (Å²) in [6.07, 6.45) is -3.72. The van der Waals surface area contributed by atoms with Crippen molar-refractivity contribution in [1.29, 1.82) is 0 Å². The first-order valence-corrected chi connectivity index (χ1v) is 14.5. The summed E-state index contributed by atoms with van der Waals surface area (Å²) in [5, 5.41) is 5.16. The highest BCUT2D eigenvalue weighted by molar-refractivity contribution is 6.34. The molecule has 0 radical (unpaired) electrons. The lowest BCUT2D eigenvalue weighted by molar-refractivity contribution is -0.173. The Morgan fingerprint density at radius 1 is 1.02 bits per heavy atom. The number of halogens is 4. The molecule has 8 nitrogen and oxygen atoms in total. The van der Waals surface area contributed by atoms with Crippen LogP contribution in [0.4, 0.5) is 18.9 Å². The standard InChI is InChI=1S/C32H38ClF3N2O6/c1-29(2,3)44-28(42)31(6)15-14-22(30(31,4)5)26(40)38-24(27(41)43-7)16-18-8-11-20(12-9-18)37-25(39)21-17-19(32(34,35)36)10-13-23(21)33/h8-13,17,22,24H,14-16H2,1-7H3,(H,37,39)(H,38,40)/t22-,24+,31+/m1/s1. The number of hydrogen-bond acceptors (Lipinski definition) is 6. The average Bonchev–Trinajstić information content (AvgIpc) is 3.16. The van der Waals surface area contributed by atoms with E-state index < -0.39 is 52.0 Å². The predicted octanol–water partition coefficient (Wildman–Crippen LogP) is 6.60. The first kappa shape index (κ1) is 34.9. The van der Waals surface area contributed by atoms with Gasteiger partial charge >= 0.3 is 18.1 Å². The van der Waals surface area contributed by atoms with Gasteiger partial charge in [0.2, 0.25) is 5.91 Å². The van der Waals surface area contributed by atoms with Crippen molar-refractivity contribution in [3.63, 3.8) is 0 Å². The van der Waals surface area contributed by atoms with Crippen molar-refractivity contribution in [3.05, 3.63) is 64.2 Å². The van der Waals surface area contributed by atoms with Crippen LogP contribution in [0.25, 0.3) is 0 Å². The lowest BCUT2D eigenvalue weighted by atomic mass is 9.65. The van der Waals surface area contributed by atoms with Crippen molar-refractivity contribution in [3.8, 4) is 0 Å². The number of anilines is 1.